The standard InChI is InChI=1S/C20H20N4/c21-15-20(16-6-2-1-3-7-16)10-12-24(13-11-20)14-19-22-17-8-4-5-9-18(17)23-19/h1-9H,10-14H2,(H,22,23). The van der Waals surface area contributed by atoms with E-state index < -0.39 is 0 Å². The summed E-state index contributed by atoms with van der Waals surface area (Å²) in [5, 5.41) is 9.78. The number of nitrogens with one attached hydrogen (secondary N) is 1. The van der Waals surface area contributed by atoms with Crippen molar-refractivity contribution >= 4 is 11.0 Å². The Morgan fingerprint density at radius 3 is 2.46 bits per heavy atom. The molecule has 0 spiro atoms. The van der Waals surface area contributed by atoms with Crippen LogP contribution in [-0.4, -0.2) is 28.0 Å². The van der Waals surface area contributed by atoms with Crippen molar-refractivity contribution in [1.29, 1.82) is 5.26 Å². The first-order valence-corrected chi connectivity index (χ1v) is 8.42. The number of benzene rings is 2. The molecule has 4 heteroatoms. The molecule has 0 unspecified atom stereocenters. The zero-order valence-electron chi connectivity index (χ0n) is 13.6. The van der Waals surface area contributed by atoms with Gasteiger partial charge in [0.2, 0.25) is 0 Å². The quantitative estimate of drug-likeness (QED) is 0.803. The second-order valence-electron chi connectivity index (χ2n) is 6.54. The molecule has 1 aromatic heterocycles. The summed E-state index contributed by atoms with van der Waals surface area (Å²) in [5.74, 6) is 1.00. The minimum absolute atomic E-state index is 0.342. The van der Waals surface area contributed by atoms with Gasteiger partial charge in [-0.2, -0.15) is 5.26 Å². The highest BCUT2D eigenvalue weighted by Gasteiger charge is 2.36. The molecule has 1 fully saturated rings. The van der Waals surface area contributed by atoms with Crippen molar-refractivity contribution in [2.75, 3.05) is 13.1 Å². The average Bonchev–Trinajstić information content (AvgIpc) is 3.05. The first-order valence-electron chi connectivity index (χ1n) is 8.42. The van der Waals surface area contributed by atoms with Gasteiger partial charge in [0.05, 0.1) is 29.1 Å². The molecule has 3 aromatic rings. The number of aromatic nitrogens is 2. The SMILES string of the molecule is N#CC1(c2ccccc2)CCN(Cc2nc3ccccc3[nH]2)CC1. The molecule has 0 bridgehead atoms. The molecule has 1 aliphatic heterocycles. The number of rotatable bonds is 3. The Kier molecular flexibility index (Phi) is 3.79. The molecule has 0 aliphatic carbocycles. The van der Waals surface area contributed by atoms with E-state index in [1.54, 1.807) is 0 Å². The average molecular weight is 316 g/mol. The van der Waals surface area contributed by atoms with Crippen LogP contribution in [0.3, 0.4) is 0 Å². The van der Waals surface area contributed by atoms with E-state index in [1.807, 2.05) is 36.4 Å². The van der Waals surface area contributed by atoms with Crippen LogP contribution in [-0.2, 0) is 12.0 Å². The second-order valence-corrected chi connectivity index (χ2v) is 6.54. The van der Waals surface area contributed by atoms with Crippen LogP contribution in [0.1, 0.15) is 24.2 Å². The summed E-state index contributed by atoms with van der Waals surface area (Å²) >= 11 is 0. The summed E-state index contributed by atoms with van der Waals surface area (Å²) in [7, 11) is 0. The third kappa shape index (κ3) is 2.68. The van der Waals surface area contributed by atoms with Gasteiger partial charge in [-0.25, -0.2) is 4.98 Å². The summed E-state index contributed by atoms with van der Waals surface area (Å²) in [6.45, 7) is 2.64. The molecule has 0 saturated carbocycles. The molecular formula is C20H20N4. The van der Waals surface area contributed by atoms with Crippen LogP contribution in [0.5, 0.6) is 0 Å². The molecule has 2 heterocycles. The van der Waals surface area contributed by atoms with Crippen molar-refractivity contribution in [2.24, 2.45) is 0 Å². The molecule has 120 valence electrons. The van der Waals surface area contributed by atoms with Crippen LogP contribution in [0.15, 0.2) is 54.6 Å². The smallest absolute Gasteiger partial charge is 0.121 e. The molecule has 1 saturated heterocycles. The number of fused-ring (bicyclic) bond motifs is 1. The molecule has 0 radical (unpaired) electrons. The van der Waals surface area contributed by atoms with Crippen molar-refractivity contribution < 1.29 is 0 Å². The van der Waals surface area contributed by atoms with Gasteiger partial charge in [0, 0.05) is 13.1 Å². The lowest BCUT2D eigenvalue weighted by Crippen LogP contribution is -2.41. The summed E-state index contributed by atoms with van der Waals surface area (Å²) < 4.78 is 0. The fourth-order valence-corrected chi connectivity index (χ4v) is 3.61. The highest BCUT2D eigenvalue weighted by molar-refractivity contribution is 5.74. The Balaban J connectivity index is 1.47. The van der Waals surface area contributed by atoms with E-state index in [1.165, 1.54) is 0 Å². The third-order valence-electron chi connectivity index (χ3n) is 5.06. The number of hydrogen-bond donors (Lipinski definition) is 1. The monoisotopic (exact) mass is 316 g/mol. The van der Waals surface area contributed by atoms with Crippen molar-refractivity contribution in [3.8, 4) is 6.07 Å². The van der Waals surface area contributed by atoms with E-state index in [0.717, 1.165) is 54.9 Å². The van der Waals surface area contributed by atoms with E-state index in [0.29, 0.717) is 0 Å². The number of imidazole rings is 1. The predicted octanol–water partition coefficient (Wildman–Crippen LogP) is 3.62. The second kappa shape index (κ2) is 6.10. The van der Waals surface area contributed by atoms with Gasteiger partial charge in [-0.05, 0) is 30.5 Å². The molecule has 0 atom stereocenters. The maximum Gasteiger partial charge on any atom is 0.121 e. The number of piperidine rings is 1. The van der Waals surface area contributed by atoms with Gasteiger partial charge in [0.15, 0.2) is 0 Å². The fourth-order valence-electron chi connectivity index (χ4n) is 3.61. The van der Waals surface area contributed by atoms with Gasteiger partial charge in [-0.3, -0.25) is 4.90 Å². The first kappa shape index (κ1) is 14.9. The number of para-hydroxylation sites is 2. The van der Waals surface area contributed by atoms with Crippen LogP contribution in [0.4, 0.5) is 0 Å². The molecule has 1 aliphatic rings. The maximum absolute atomic E-state index is 9.78. The summed E-state index contributed by atoms with van der Waals surface area (Å²) in [6, 6.07) is 20.9. The van der Waals surface area contributed by atoms with E-state index in [9.17, 15) is 5.26 Å². The molecular weight excluding hydrogens is 296 g/mol. The third-order valence-corrected chi connectivity index (χ3v) is 5.06. The fraction of sp³-hybridized carbons (Fsp3) is 0.300. The molecule has 4 rings (SSSR count). The number of nitriles is 1. The normalized spacial score (nSPS) is 17.6. The summed E-state index contributed by atoms with van der Waals surface area (Å²) in [4.78, 5) is 10.4. The first-order chi connectivity index (χ1) is 11.8. The van der Waals surface area contributed by atoms with Crippen LogP contribution in [0.25, 0.3) is 11.0 Å². The zero-order chi connectivity index (χ0) is 16.4. The van der Waals surface area contributed by atoms with Crippen LogP contribution in [0.2, 0.25) is 0 Å². The lowest BCUT2D eigenvalue weighted by atomic mass is 9.74. The Morgan fingerprint density at radius 1 is 1.04 bits per heavy atom. The van der Waals surface area contributed by atoms with Crippen molar-refractivity contribution in [3.05, 3.63) is 66.0 Å². The maximum atomic E-state index is 9.78. The Morgan fingerprint density at radius 2 is 1.75 bits per heavy atom. The molecule has 0 amide bonds. The zero-order valence-corrected chi connectivity index (χ0v) is 13.6. The number of hydrogen-bond acceptors (Lipinski definition) is 3. The predicted molar refractivity (Wildman–Crippen MR) is 94.3 cm³/mol. The van der Waals surface area contributed by atoms with Crippen molar-refractivity contribution in [1.82, 2.24) is 14.9 Å². The highest BCUT2D eigenvalue weighted by Crippen LogP contribution is 2.35. The van der Waals surface area contributed by atoms with Crippen LogP contribution < -0.4 is 0 Å². The van der Waals surface area contributed by atoms with E-state index >= 15 is 0 Å². The highest BCUT2D eigenvalue weighted by atomic mass is 15.2. The minimum atomic E-state index is -0.342. The van der Waals surface area contributed by atoms with Crippen LogP contribution >= 0.6 is 0 Å². The topological polar surface area (TPSA) is 55.7 Å². The Labute approximate surface area is 141 Å². The van der Waals surface area contributed by atoms with E-state index in [2.05, 4.69) is 39.1 Å². The number of nitrogens with zero attached hydrogens (tertiary/aromatic N) is 3. The number of likely N-dealkylation sites (tertiary alicyclic amines) is 1. The summed E-state index contributed by atoms with van der Waals surface area (Å²) in [6.07, 6.45) is 1.74. The van der Waals surface area contributed by atoms with Gasteiger partial charge in [0.1, 0.15) is 5.82 Å². The Hall–Kier alpha value is -2.64. The molecule has 24 heavy (non-hydrogen) atoms. The molecule has 1 N–H and O–H groups in total. The Bertz CT molecular complexity index is 834. The van der Waals surface area contributed by atoms with E-state index in [-0.39, 0.29) is 5.41 Å². The number of aromatic amines is 1. The minimum Gasteiger partial charge on any atom is -0.341 e. The van der Waals surface area contributed by atoms with Gasteiger partial charge in [0.25, 0.3) is 0 Å². The lowest BCUT2D eigenvalue weighted by Gasteiger charge is -2.37. The molecule has 2 aromatic carbocycles. The van der Waals surface area contributed by atoms with Gasteiger partial charge in [-0.15, -0.1) is 0 Å². The van der Waals surface area contributed by atoms with Crippen LogP contribution in [0, 0.1) is 11.3 Å². The van der Waals surface area contributed by atoms with Gasteiger partial charge in [-0.1, -0.05) is 42.5 Å². The van der Waals surface area contributed by atoms with Gasteiger partial charge < -0.3 is 4.98 Å². The lowest BCUT2D eigenvalue weighted by molar-refractivity contribution is 0.176. The molecule has 4 nitrogen and oxygen atoms in total. The van der Waals surface area contributed by atoms with Crippen molar-refractivity contribution in [3.63, 3.8) is 0 Å². The number of H-pyrrole nitrogens is 1. The summed E-state index contributed by atoms with van der Waals surface area (Å²) in [5.41, 5.74) is 2.90. The van der Waals surface area contributed by atoms with Crippen molar-refractivity contribution in [2.45, 2.75) is 24.8 Å². The van der Waals surface area contributed by atoms with Gasteiger partial charge >= 0.3 is 0 Å². The van der Waals surface area contributed by atoms with E-state index in [4.69, 9.17) is 0 Å². The largest absolute Gasteiger partial charge is 0.341 e.